The summed E-state index contributed by atoms with van der Waals surface area (Å²) in [7, 11) is 2.03. The highest BCUT2D eigenvalue weighted by Gasteiger charge is 2.33. The minimum Gasteiger partial charge on any atom is -0.480 e. The summed E-state index contributed by atoms with van der Waals surface area (Å²) >= 11 is 0. The van der Waals surface area contributed by atoms with Gasteiger partial charge in [-0.15, -0.1) is 0 Å². The number of aliphatic carboxylic acids is 4. The molecule has 0 aromatic rings. The molecular weight excluding hydrogens is 637 g/mol. The molecule has 0 aliphatic carbocycles. The van der Waals surface area contributed by atoms with Gasteiger partial charge in [-0.3, -0.25) is 43.6 Å². The number of hydrogen-bond acceptors (Lipinski definition) is 13. The van der Waals surface area contributed by atoms with E-state index in [-0.39, 0.29) is 104 Å². The highest BCUT2D eigenvalue weighted by atomic mass is 16.6. The lowest BCUT2D eigenvalue weighted by molar-refractivity contribution is -0.145. The number of nitrogens with one attached hydrogen (secondary N) is 1. The Labute approximate surface area is 281 Å². The van der Waals surface area contributed by atoms with Crippen molar-refractivity contribution in [1.29, 1.82) is 0 Å². The van der Waals surface area contributed by atoms with E-state index in [0.29, 0.717) is 45.1 Å². The Hall–Kier alpha value is -2.91. The maximum Gasteiger partial charge on any atom is 0.320 e. The molecule has 3 unspecified atom stereocenters. The van der Waals surface area contributed by atoms with E-state index in [1.54, 1.807) is 19.6 Å². The third kappa shape index (κ3) is 19.2. The Bertz CT molecular complexity index is 981. The highest BCUT2D eigenvalue weighted by molar-refractivity contribution is 6.13. The van der Waals surface area contributed by atoms with Crippen LogP contribution < -0.4 is 5.32 Å². The maximum atomic E-state index is 12.5. The molecule has 48 heavy (non-hydrogen) atoms. The first-order chi connectivity index (χ1) is 22.9. The second kappa shape index (κ2) is 23.4. The topological polar surface area (TPSA) is 231 Å². The lowest BCUT2D eigenvalue weighted by Gasteiger charge is -2.35. The van der Waals surface area contributed by atoms with E-state index >= 15 is 0 Å². The van der Waals surface area contributed by atoms with Crippen LogP contribution in [0.4, 0.5) is 0 Å². The molecule has 0 spiro atoms. The standard InChI is InChI=1S/C29H52BN5O13/c30-28-23(48-28)3-13-45-15-17-47-18-16-46-14-4-31-24(36)2-1-22(29(43)44)35-11-9-33(20-26(39)40)7-5-32(19-25(37)38)6-8-34(10-12-35)21-27(41)42/h22-23,28H,1-21,30H2,(H,31,36)(H,37,38)(H,39,40)(H,41,42)(H,43,44). The quantitative estimate of drug-likeness (QED) is 0.0400. The average Bonchev–Trinajstić information content (AvgIpc) is 3.71. The number of epoxide rings is 1. The molecular formula is C29H52BN5O13. The molecule has 2 saturated heterocycles. The molecule has 0 bridgehead atoms. The minimum absolute atomic E-state index is 0.0190. The zero-order valence-corrected chi connectivity index (χ0v) is 27.8. The van der Waals surface area contributed by atoms with Gasteiger partial charge in [-0.25, -0.2) is 0 Å². The fourth-order valence-corrected chi connectivity index (χ4v) is 5.27. The maximum absolute atomic E-state index is 12.5. The molecule has 0 aromatic carbocycles. The molecule has 2 heterocycles. The van der Waals surface area contributed by atoms with Gasteiger partial charge in [-0.2, -0.15) is 0 Å². The van der Waals surface area contributed by atoms with Crippen LogP contribution in [-0.2, 0) is 42.9 Å². The number of carboxylic acids is 4. The van der Waals surface area contributed by atoms with Crippen LogP contribution in [0.3, 0.4) is 0 Å². The summed E-state index contributed by atoms with van der Waals surface area (Å²) < 4.78 is 21.7. The number of hydrogen-bond donors (Lipinski definition) is 5. The Morgan fingerprint density at radius 3 is 1.52 bits per heavy atom. The molecule has 0 aromatic heterocycles. The summed E-state index contributed by atoms with van der Waals surface area (Å²) in [4.78, 5) is 65.7. The van der Waals surface area contributed by atoms with E-state index in [9.17, 15) is 44.4 Å². The molecule has 0 radical (unpaired) electrons. The smallest absolute Gasteiger partial charge is 0.320 e. The van der Waals surface area contributed by atoms with Gasteiger partial charge in [-0.05, 0) is 12.8 Å². The number of nitrogens with zero attached hydrogens (tertiary/aromatic N) is 4. The average molecular weight is 690 g/mol. The van der Waals surface area contributed by atoms with Crippen molar-refractivity contribution in [1.82, 2.24) is 24.9 Å². The number of rotatable bonds is 23. The molecule has 2 fully saturated rings. The molecule has 5 N–H and O–H groups in total. The van der Waals surface area contributed by atoms with Crippen molar-refractivity contribution in [2.24, 2.45) is 0 Å². The Morgan fingerprint density at radius 1 is 0.688 bits per heavy atom. The highest BCUT2D eigenvalue weighted by Crippen LogP contribution is 2.21. The van der Waals surface area contributed by atoms with Crippen LogP contribution in [0.15, 0.2) is 0 Å². The summed E-state index contributed by atoms with van der Waals surface area (Å²) in [6, 6.07) is -0.751. The van der Waals surface area contributed by atoms with Gasteiger partial charge in [0.2, 0.25) is 5.91 Å². The Balaban J connectivity index is 1.80. The van der Waals surface area contributed by atoms with E-state index in [4.69, 9.17) is 18.9 Å². The number of carbonyl (C=O) groups excluding carboxylic acids is 1. The van der Waals surface area contributed by atoms with E-state index < -0.39 is 29.9 Å². The van der Waals surface area contributed by atoms with Crippen LogP contribution in [0.25, 0.3) is 0 Å². The normalized spacial score (nSPS) is 21.1. The molecule has 19 heteroatoms. The van der Waals surface area contributed by atoms with Crippen LogP contribution in [0.1, 0.15) is 19.3 Å². The zero-order chi connectivity index (χ0) is 35.3. The van der Waals surface area contributed by atoms with E-state index in [2.05, 4.69) is 5.32 Å². The van der Waals surface area contributed by atoms with Crippen molar-refractivity contribution < 1.29 is 63.3 Å². The summed E-state index contributed by atoms with van der Waals surface area (Å²) in [5, 5.41) is 40.9. The lowest BCUT2D eigenvalue weighted by Crippen LogP contribution is -2.52. The Kier molecular flexibility index (Phi) is 20.2. The zero-order valence-electron chi connectivity index (χ0n) is 27.8. The van der Waals surface area contributed by atoms with Crippen molar-refractivity contribution in [3.8, 4) is 0 Å². The third-order valence-electron chi connectivity index (χ3n) is 8.01. The van der Waals surface area contributed by atoms with Gasteiger partial charge in [-0.1, -0.05) is 0 Å². The summed E-state index contributed by atoms with van der Waals surface area (Å²) in [6.45, 7) is 3.35. The number of carbonyl (C=O) groups is 5. The van der Waals surface area contributed by atoms with Gasteiger partial charge in [0.05, 0.1) is 64.8 Å². The van der Waals surface area contributed by atoms with Crippen molar-refractivity contribution in [3.63, 3.8) is 0 Å². The Morgan fingerprint density at radius 2 is 1.10 bits per heavy atom. The number of amides is 1. The molecule has 2 rings (SSSR count). The summed E-state index contributed by atoms with van der Waals surface area (Å²) in [6.07, 6.45) is 1.09. The number of ether oxygens (including phenoxy) is 4. The molecule has 0 saturated carbocycles. The first-order valence-electron chi connectivity index (χ1n) is 16.4. The van der Waals surface area contributed by atoms with Gasteiger partial charge < -0.3 is 44.7 Å². The van der Waals surface area contributed by atoms with Crippen molar-refractivity contribution in [2.45, 2.75) is 37.4 Å². The lowest BCUT2D eigenvalue weighted by atomic mass is 10.0. The fourth-order valence-electron chi connectivity index (χ4n) is 5.27. The molecule has 2 aliphatic rings. The van der Waals surface area contributed by atoms with E-state index in [1.165, 1.54) is 0 Å². The van der Waals surface area contributed by atoms with Gasteiger partial charge >= 0.3 is 23.9 Å². The SMILES string of the molecule is BC1OC1CCOCCOCCOCCNC(=O)CCC(C(=O)O)N1CCN(CC(=O)O)CCN(CC(=O)O)CCN(CC(=O)O)CC1. The molecule has 18 nitrogen and oxygen atoms in total. The van der Waals surface area contributed by atoms with E-state index in [1.807, 2.05) is 7.85 Å². The molecule has 2 aliphatic heterocycles. The fraction of sp³-hybridized carbons (Fsp3) is 0.828. The van der Waals surface area contributed by atoms with Gasteiger partial charge in [0, 0.05) is 71.9 Å². The second-order valence-electron chi connectivity index (χ2n) is 11.8. The van der Waals surface area contributed by atoms with Crippen molar-refractivity contribution in [3.05, 3.63) is 0 Å². The largest absolute Gasteiger partial charge is 0.480 e. The van der Waals surface area contributed by atoms with Crippen LogP contribution in [0, 0.1) is 0 Å². The van der Waals surface area contributed by atoms with Crippen LogP contribution in [0.2, 0.25) is 0 Å². The van der Waals surface area contributed by atoms with Gasteiger partial charge in [0.1, 0.15) is 13.9 Å². The van der Waals surface area contributed by atoms with Crippen LogP contribution in [0.5, 0.6) is 0 Å². The monoisotopic (exact) mass is 689 g/mol. The van der Waals surface area contributed by atoms with E-state index in [0.717, 1.165) is 6.42 Å². The summed E-state index contributed by atoms with van der Waals surface area (Å²) in [5.41, 5.74) is 0. The summed E-state index contributed by atoms with van der Waals surface area (Å²) in [5.74, 6) is -4.72. The first-order valence-corrected chi connectivity index (χ1v) is 16.4. The predicted octanol–water partition coefficient (Wildman–Crippen LogP) is -3.39. The molecule has 3 atom stereocenters. The van der Waals surface area contributed by atoms with Crippen LogP contribution in [-0.4, -0.2) is 214 Å². The van der Waals surface area contributed by atoms with Gasteiger partial charge in [0.15, 0.2) is 0 Å². The van der Waals surface area contributed by atoms with Crippen molar-refractivity contribution >= 4 is 37.6 Å². The predicted molar refractivity (Wildman–Crippen MR) is 172 cm³/mol. The van der Waals surface area contributed by atoms with Gasteiger partial charge in [0.25, 0.3) is 0 Å². The third-order valence-corrected chi connectivity index (χ3v) is 8.01. The number of carboxylic acid groups (broad SMARTS) is 4. The first kappa shape index (κ1) is 41.3. The molecule has 274 valence electrons. The van der Waals surface area contributed by atoms with Crippen molar-refractivity contribution in [2.75, 3.05) is 118 Å². The molecule has 1 amide bonds. The van der Waals surface area contributed by atoms with Crippen LogP contribution >= 0.6 is 0 Å². The minimum atomic E-state index is -1.16. The second-order valence-corrected chi connectivity index (χ2v) is 11.8.